The van der Waals surface area contributed by atoms with Crippen LogP contribution in [0.15, 0.2) is 40.2 Å². The first-order chi connectivity index (χ1) is 11.9. The van der Waals surface area contributed by atoms with E-state index < -0.39 is 0 Å². The third kappa shape index (κ3) is 4.38. The monoisotopic (exact) mass is 456 g/mol. The molecular weight excluding hydrogens is 444 g/mol. The topological polar surface area (TPSA) is 53.9 Å². The van der Waals surface area contributed by atoms with Crippen molar-refractivity contribution in [3.8, 4) is 11.4 Å². The molecule has 0 saturated heterocycles. The second-order valence-corrected chi connectivity index (χ2v) is 8.77. The minimum absolute atomic E-state index is 0.0442. The Morgan fingerprint density at radius 2 is 2.08 bits per heavy atom. The summed E-state index contributed by atoms with van der Waals surface area (Å²) in [6.07, 6.45) is 0. The minimum Gasteiger partial charge on any atom is -0.339 e. The van der Waals surface area contributed by atoms with Gasteiger partial charge in [0.2, 0.25) is 5.91 Å². The van der Waals surface area contributed by atoms with Crippen LogP contribution in [0.1, 0.15) is 4.88 Å². The molecule has 0 unspecified atom stereocenters. The van der Waals surface area contributed by atoms with Crippen LogP contribution in [-0.2, 0) is 17.9 Å². The van der Waals surface area contributed by atoms with Crippen molar-refractivity contribution in [1.29, 1.82) is 0 Å². The number of aromatic amines is 1. The maximum Gasteiger partial charge on any atom is 0.242 e. The van der Waals surface area contributed by atoms with Crippen molar-refractivity contribution in [1.82, 2.24) is 19.7 Å². The molecule has 0 atom stereocenters. The van der Waals surface area contributed by atoms with E-state index >= 15 is 0 Å². The Morgan fingerprint density at radius 1 is 1.36 bits per heavy atom. The number of hydrogen-bond acceptors (Lipinski definition) is 4. The van der Waals surface area contributed by atoms with E-state index in [4.69, 9.17) is 23.8 Å². The SMILES string of the molecule is CN(Cc1ccc(Br)s1)C(=O)Cn1c(-c2ccc(Cl)cc2)n[nH]c1=S. The zero-order chi connectivity index (χ0) is 18.0. The van der Waals surface area contributed by atoms with E-state index in [9.17, 15) is 4.79 Å². The molecule has 2 aromatic heterocycles. The third-order valence-electron chi connectivity index (χ3n) is 3.60. The maximum atomic E-state index is 12.6. The predicted molar refractivity (Wildman–Crippen MR) is 106 cm³/mol. The van der Waals surface area contributed by atoms with Gasteiger partial charge in [0.1, 0.15) is 6.54 Å². The van der Waals surface area contributed by atoms with E-state index in [-0.39, 0.29) is 12.5 Å². The Morgan fingerprint density at radius 3 is 2.72 bits per heavy atom. The molecular formula is C16H14BrClN4OS2. The highest BCUT2D eigenvalue weighted by Gasteiger charge is 2.16. The van der Waals surface area contributed by atoms with Crippen molar-refractivity contribution in [3.63, 3.8) is 0 Å². The molecule has 0 aliphatic carbocycles. The number of rotatable bonds is 5. The van der Waals surface area contributed by atoms with E-state index in [0.29, 0.717) is 22.2 Å². The number of carbonyl (C=O) groups excluding carboxylic acids is 1. The highest BCUT2D eigenvalue weighted by Crippen LogP contribution is 2.23. The van der Waals surface area contributed by atoms with Gasteiger partial charge < -0.3 is 4.90 Å². The van der Waals surface area contributed by atoms with Crippen LogP contribution in [0.5, 0.6) is 0 Å². The summed E-state index contributed by atoms with van der Waals surface area (Å²) in [7, 11) is 1.78. The molecule has 0 radical (unpaired) electrons. The molecule has 1 amide bonds. The van der Waals surface area contributed by atoms with Crippen molar-refractivity contribution in [2.24, 2.45) is 0 Å². The number of aromatic nitrogens is 3. The summed E-state index contributed by atoms with van der Waals surface area (Å²) in [5, 5.41) is 7.64. The first-order valence-corrected chi connectivity index (χ1v) is 9.73. The molecule has 2 heterocycles. The lowest BCUT2D eigenvalue weighted by Crippen LogP contribution is -2.29. The Bertz CT molecular complexity index is 948. The fraction of sp³-hybridized carbons (Fsp3) is 0.188. The molecule has 0 bridgehead atoms. The van der Waals surface area contributed by atoms with Crippen LogP contribution in [0.3, 0.4) is 0 Å². The van der Waals surface area contributed by atoms with E-state index in [1.165, 1.54) is 0 Å². The number of halogens is 2. The van der Waals surface area contributed by atoms with Gasteiger partial charge in [0.25, 0.3) is 0 Å². The number of hydrogen-bond donors (Lipinski definition) is 1. The van der Waals surface area contributed by atoms with Gasteiger partial charge in [0, 0.05) is 22.5 Å². The summed E-state index contributed by atoms with van der Waals surface area (Å²) in [6.45, 7) is 0.674. The van der Waals surface area contributed by atoms with Crippen molar-refractivity contribution in [3.05, 3.63) is 54.9 Å². The van der Waals surface area contributed by atoms with Gasteiger partial charge in [-0.3, -0.25) is 14.5 Å². The molecule has 5 nitrogen and oxygen atoms in total. The first kappa shape index (κ1) is 18.3. The average Bonchev–Trinajstić information content (AvgIpc) is 3.15. The van der Waals surface area contributed by atoms with Gasteiger partial charge in [0.15, 0.2) is 10.6 Å². The number of carbonyl (C=O) groups is 1. The molecule has 25 heavy (non-hydrogen) atoms. The normalized spacial score (nSPS) is 10.8. The van der Waals surface area contributed by atoms with Crippen LogP contribution in [0.2, 0.25) is 5.02 Å². The summed E-state index contributed by atoms with van der Waals surface area (Å²) in [5.74, 6) is 0.569. The first-order valence-electron chi connectivity index (χ1n) is 7.33. The largest absolute Gasteiger partial charge is 0.339 e. The van der Waals surface area contributed by atoms with Crippen LogP contribution in [0, 0.1) is 4.77 Å². The molecule has 3 rings (SSSR count). The average molecular weight is 458 g/mol. The van der Waals surface area contributed by atoms with Crippen LogP contribution in [0.4, 0.5) is 0 Å². The summed E-state index contributed by atoms with van der Waals surface area (Å²) in [4.78, 5) is 15.4. The van der Waals surface area contributed by atoms with Gasteiger partial charge in [0.05, 0.1) is 10.3 Å². The molecule has 1 aromatic carbocycles. The lowest BCUT2D eigenvalue weighted by Gasteiger charge is -2.17. The van der Waals surface area contributed by atoms with Crippen LogP contribution in [0.25, 0.3) is 11.4 Å². The fourth-order valence-electron chi connectivity index (χ4n) is 2.30. The lowest BCUT2D eigenvalue weighted by atomic mass is 10.2. The number of benzene rings is 1. The highest BCUT2D eigenvalue weighted by atomic mass is 79.9. The lowest BCUT2D eigenvalue weighted by molar-refractivity contribution is -0.131. The molecule has 1 N–H and O–H groups in total. The Hall–Kier alpha value is -1.48. The summed E-state index contributed by atoms with van der Waals surface area (Å²) in [6, 6.07) is 11.2. The molecule has 130 valence electrons. The smallest absolute Gasteiger partial charge is 0.242 e. The summed E-state index contributed by atoms with van der Waals surface area (Å²) >= 11 is 16.3. The fourth-order valence-corrected chi connectivity index (χ4v) is 4.16. The maximum absolute atomic E-state index is 12.6. The Labute approximate surface area is 167 Å². The highest BCUT2D eigenvalue weighted by molar-refractivity contribution is 9.11. The van der Waals surface area contributed by atoms with Gasteiger partial charge >= 0.3 is 0 Å². The van der Waals surface area contributed by atoms with Gasteiger partial charge in [-0.1, -0.05) is 11.6 Å². The number of nitrogens with zero attached hydrogens (tertiary/aromatic N) is 3. The zero-order valence-corrected chi connectivity index (χ0v) is 17.2. The van der Waals surface area contributed by atoms with E-state index in [2.05, 4.69) is 26.1 Å². The second kappa shape index (κ2) is 7.82. The predicted octanol–water partition coefficient (Wildman–Crippen LogP) is 4.74. The van der Waals surface area contributed by atoms with Crippen molar-refractivity contribution in [2.45, 2.75) is 13.1 Å². The van der Waals surface area contributed by atoms with Gasteiger partial charge in [-0.2, -0.15) is 5.10 Å². The molecule has 9 heteroatoms. The summed E-state index contributed by atoms with van der Waals surface area (Å²) in [5.41, 5.74) is 0.842. The van der Waals surface area contributed by atoms with Gasteiger partial charge in [-0.05, 0) is 64.5 Å². The van der Waals surface area contributed by atoms with Gasteiger partial charge in [-0.25, -0.2) is 0 Å². The van der Waals surface area contributed by atoms with E-state index in [1.807, 2.05) is 24.3 Å². The van der Waals surface area contributed by atoms with Crippen molar-refractivity contribution >= 4 is 57.0 Å². The number of H-pyrrole nitrogens is 1. The Balaban J connectivity index is 1.78. The standard InChI is InChI=1S/C16H14BrClN4OS2/c1-21(8-12-6-7-13(17)25-12)14(23)9-22-15(19-20-16(22)24)10-2-4-11(18)5-3-10/h2-7H,8-9H2,1H3,(H,20,24). The number of amides is 1. The van der Waals surface area contributed by atoms with Gasteiger partial charge in [-0.15, -0.1) is 11.3 Å². The molecule has 0 aliphatic rings. The molecule has 0 aliphatic heterocycles. The summed E-state index contributed by atoms with van der Waals surface area (Å²) < 4.78 is 3.15. The molecule has 0 spiro atoms. The molecule has 0 fully saturated rings. The van der Waals surface area contributed by atoms with Crippen molar-refractivity contribution < 1.29 is 4.79 Å². The van der Waals surface area contributed by atoms with Crippen LogP contribution in [-0.4, -0.2) is 32.6 Å². The van der Waals surface area contributed by atoms with Crippen LogP contribution >= 0.6 is 51.1 Å². The molecule has 0 saturated carbocycles. The minimum atomic E-state index is -0.0442. The molecule has 3 aromatic rings. The van der Waals surface area contributed by atoms with E-state index in [0.717, 1.165) is 14.2 Å². The number of likely N-dealkylation sites (N-methyl/N-ethyl adjacent to an activating group) is 1. The quantitative estimate of drug-likeness (QED) is 0.563. The third-order valence-corrected chi connectivity index (χ3v) is 5.77. The Kier molecular flexibility index (Phi) is 5.73. The van der Waals surface area contributed by atoms with Crippen LogP contribution < -0.4 is 0 Å². The second-order valence-electron chi connectivity index (χ2n) is 5.40. The van der Waals surface area contributed by atoms with E-state index in [1.54, 1.807) is 40.0 Å². The number of thiophene rings is 1. The van der Waals surface area contributed by atoms with Crippen molar-refractivity contribution in [2.75, 3.05) is 7.05 Å². The number of nitrogens with one attached hydrogen (secondary N) is 1. The zero-order valence-electron chi connectivity index (χ0n) is 13.2.